The van der Waals surface area contributed by atoms with E-state index < -0.39 is 0 Å². The highest BCUT2D eigenvalue weighted by molar-refractivity contribution is 5.54. The summed E-state index contributed by atoms with van der Waals surface area (Å²) in [6.45, 7) is 5.94. The van der Waals surface area contributed by atoms with E-state index >= 15 is 0 Å². The Morgan fingerprint density at radius 2 is 1.52 bits per heavy atom. The highest BCUT2D eigenvalue weighted by Crippen LogP contribution is 2.38. The molecule has 7 heteroatoms. The first kappa shape index (κ1) is 19.7. The lowest BCUT2D eigenvalue weighted by molar-refractivity contribution is -0.986. The Kier molecular flexibility index (Phi) is 5.97. The van der Waals surface area contributed by atoms with E-state index in [0.717, 1.165) is 50.6 Å². The van der Waals surface area contributed by atoms with Gasteiger partial charge in [-0.1, -0.05) is 0 Å². The minimum atomic E-state index is 0.326. The number of hydrogen-bond donors (Lipinski definition) is 2. The second-order valence-electron chi connectivity index (χ2n) is 7.46. The maximum absolute atomic E-state index is 5.52. The van der Waals surface area contributed by atoms with E-state index in [1.165, 1.54) is 16.2 Å². The maximum Gasteiger partial charge on any atom is 0.231 e. The molecule has 0 saturated carbocycles. The van der Waals surface area contributed by atoms with Crippen LogP contribution in [0.2, 0.25) is 0 Å². The van der Waals surface area contributed by atoms with Gasteiger partial charge in [-0.25, -0.2) is 0 Å². The third kappa shape index (κ3) is 4.21. The quantitative estimate of drug-likeness (QED) is 0.688. The molecule has 0 spiro atoms. The van der Waals surface area contributed by atoms with Crippen LogP contribution in [0.5, 0.6) is 28.7 Å². The summed E-state index contributed by atoms with van der Waals surface area (Å²) < 4.78 is 27.3. The third-order valence-corrected chi connectivity index (χ3v) is 5.83. The Bertz CT molecular complexity index is 824. The Hall–Kier alpha value is -2.64. The van der Waals surface area contributed by atoms with E-state index in [9.17, 15) is 0 Å². The van der Waals surface area contributed by atoms with E-state index in [1.807, 2.05) is 6.07 Å². The first-order valence-electron chi connectivity index (χ1n) is 10.1. The Balaban J connectivity index is 1.33. The molecule has 0 unspecified atom stereocenters. The number of hydrogen-bond acceptors (Lipinski definition) is 5. The van der Waals surface area contributed by atoms with Gasteiger partial charge in [0.2, 0.25) is 12.5 Å². The van der Waals surface area contributed by atoms with Gasteiger partial charge < -0.3 is 28.6 Å². The lowest BCUT2D eigenvalue weighted by Gasteiger charge is -2.29. The van der Waals surface area contributed by atoms with E-state index in [0.29, 0.717) is 24.0 Å². The van der Waals surface area contributed by atoms with Crippen molar-refractivity contribution in [2.75, 3.05) is 60.8 Å². The summed E-state index contributed by atoms with van der Waals surface area (Å²) in [5.41, 5.74) is 2.50. The SMILES string of the molecule is COc1cc(CC[NH+]2CC[NH+](c3ccc4c(c3)OCO4)CC2)cc(OC)c1OC. The van der Waals surface area contributed by atoms with Crippen LogP contribution in [0.4, 0.5) is 5.69 Å². The van der Waals surface area contributed by atoms with Gasteiger partial charge in [0.25, 0.3) is 0 Å². The highest BCUT2D eigenvalue weighted by atomic mass is 16.7. The smallest absolute Gasteiger partial charge is 0.231 e. The molecule has 156 valence electrons. The van der Waals surface area contributed by atoms with Crippen LogP contribution in [0.1, 0.15) is 5.56 Å². The normalized spacial score (nSPS) is 20.4. The third-order valence-electron chi connectivity index (χ3n) is 5.83. The molecule has 29 heavy (non-hydrogen) atoms. The van der Waals surface area contributed by atoms with E-state index in [2.05, 4.69) is 24.3 Å². The van der Waals surface area contributed by atoms with Crippen LogP contribution in [0.25, 0.3) is 0 Å². The van der Waals surface area contributed by atoms with Gasteiger partial charge in [-0.15, -0.1) is 0 Å². The van der Waals surface area contributed by atoms with Crippen molar-refractivity contribution in [3.05, 3.63) is 35.9 Å². The van der Waals surface area contributed by atoms with Crippen LogP contribution >= 0.6 is 0 Å². The van der Waals surface area contributed by atoms with Gasteiger partial charge in [0.1, 0.15) is 31.9 Å². The molecule has 0 aliphatic carbocycles. The van der Waals surface area contributed by atoms with Crippen LogP contribution in [-0.2, 0) is 6.42 Å². The molecular formula is C22H30N2O5+2. The van der Waals surface area contributed by atoms with E-state index in [1.54, 1.807) is 26.2 Å². The van der Waals surface area contributed by atoms with Crippen molar-refractivity contribution in [1.29, 1.82) is 0 Å². The molecule has 2 N–H and O–H groups in total. The molecule has 4 rings (SSSR count). The molecule has 2 aromatic rings. The number of methoxy groups -OCH3 is 3. The molecule has 0 radical (unpaired) electrons. The molecule has 0 amide bonds. The molecule has 0 atom stereocenters. The first-order valence-corrected chi connectivity index (χ1v) is 10.1. The number of piperazine rings is 1. The minimum Gasteiger partial charge on any atom is -0.493 e. The van der Waals surface area contributed by atoms with Crippen LogP contribution < -0.4 is 33.5 Å². The number of quaternary nitrogens is 2. The Morgan fingerprint density at radius 1 is 0.828 bits per heavy atom. The summed E-state index contributed by atoms with van der Waals surface area (Å²) in [6, 6.07) is 10.4. The van der Waals surface area contributed by atoms with Gasteiger partial charge >= 0.3 is 0 Å². The standard InChI is InChI=1S/C22H28N2O5/c1-25-20-12-16(13-21(26-2)22(20)27-3)6-7-23-8-10-24(11-9-23)17-4-5-18-19(14-17)29-15-28-18/h4-5,12-14H,6-11,15H2,1-3H3/p+2. The van der Waals surface area contributed by atoms with Crippen LogP contribution in [0.3, 0.4) is 0 Å². The number of benzene rings is 2. The second-order valence-corrected chi connectivity index (χ2v) is 7.46. The van der Waals surface area contributed by atoms with Gasteiger partial charge in [0, 0.05) is 18.6 Å². The van der Waals surface area contributed by atoms with Crippen LogP contribution in [0, 0.1) is 0 Å². The van der Waals surface area contributed by atoms with Crippen molar-refractivity contribution in [2.24, 2.45) is 0 Å². The molecule has 2 aliphatic heterocycles. The summed E-state index contributed by atoms with van der Waals surface area (Å²) >= 11 is 0. The van der Waals surface area contributed by atoms with Gasteiger partial charge in [-0.05, 0) is 23.8 Å². The minimum absolute atomic E-state index is 0.326. The molecule has 2 aliphatic rings. The Labute approximate surface area is 171 Å². The second kappa shape index (κ2) is 8.80. The molecule has 2 heterocycles. The fourth-order valence-electron chi connectivity index (χ4n) is 4.16. The largest absolute Gasteiger partial charge is 0.493 e. The van der Waals surface area contributed by atoms with Crippen LogP contribution in [-0.4, -0.2) is 60.8 Å². The van der Waals surface area contributed by atoms with E-state index in [4.69, 9.17) is 23.7 Å². The van der Waals surface area contributed by atoms with Crippen molar-refractivity contribution in [2.45, 2.75) is 6.42 Å². The summed E-state index contributed by atoms with van der Waals surface area (Å²) in [4.78, 5) is 3.14. The Morgan fingerprint density at radius 3 is 2.17 bits per heavy atom. The number of nitrogens with one attached hydrogen (secondary N) is 2. The highest BCUT2D eigenvalue weighted by Gasteiger charge is 2.26. The van der Waals surface area contributed by atoms with Crippen molar-refractivity contribution in [3.63, 3.8) is 0 Å². The maximum atomic E-state index is 5.52. The zero-order valence-electron chi connectivity index (χ0n) is 17.4. The van der Waals surface area contributed by atoms with Gasteiger partial charge in [0.05, 0.1) is 27.9 Å². The van der Waals surface area contributed by atoms with Crippen molar-refractivity contribution >= 4 is 5.69 Å². The molecule has 1 fully saturated rings. The van der Waals surface area contributed by atoms with Crippen molar-refractivity contribution < 1.29 is 33.5 Å². The summed E-state index contributed by atoms with van der Waals surface area (Å²) in [5.74, 6) is 3.80. The van der Waals surface area contributed by atoms with E-state index in [-0.39, 0.29) is 0 Å². The molecule has 0 aromatic heterocycles. The lowest BCUT2D eigenvalue weighted by atomic mass is 10.1. The summed E-state index contributed by atoms with van der Waals surface area (Å²) in [6.07, 6.45) is 0.978. The molecule has 1 saturated heterocycles. The van der Waals surface area contributed by atoms with Gasteiger partial charge in [-0.2, -0.15) is 0 Å². The molecule has 2 aromatic carbocycles. The molecular weight excluding hydrogens is 372 g/mol. The predicted molar refractivity (Wildman–Crippen MR) is 108 cm³/mol. The number of ether oxygens (including phenoxy) is 5. The molecule has 0 bridgehead atoms. The monoisotopic (exact) mass is 402 g/mol. The lowest BCUT2D eigenvalue weighted by Crippen LogP contribution is -3.26. The molecule has 7 nitrogen and oxygen atoms in total. The zero-order chi connectivity index (χ0) is 20.2. The van der Waals surface area contributed by atoms with Gasteiger partial charge in [0.15, 0.2) is 23.0 Å². The van der Waals surface area contributed by atoms with Crippen LogP contribution in [0.15, 0.2) is 30.3 Å². The number of fused-ring (bicyclic) bond motifs is 1. The fourth-order valence-corrected chi connectivity index (χ4v) is 4.16. The average Bonchev–Trinajstić information content (AvgIpc) is 3.25. The first-order chi connectivity index (χ1) is 14.2. The number of rotatable bonds is 7. The average molecular weight is 402 g/mol. The summed E-state index contributed by atoms with van der Waals surface area (Å²) in [7, 11) is 4.95. The van der Waals surface area contributed by atoms with Crippen molar-refractivity contribution in [1.82, 2.24) is 0 Å². The van der Waals surface area contributed by atoms with Gasteiger partial charge in [-0.3, -0.25) is 4.90 Å². The fraction of sp³-hybridized carbons (Fsp3) is 0.455. The zero-order valence-corrected chi connectivity index (χ0v) is 17.4. The predicted octanol–water partition coefficient (Wildman–Crippen LogP) is 0.0987. The summed E-state index contributed by atoms with van der Waals surface area (Å²) in [5, 5.41) is 0. The topological polar surface area (TPSA) is 55.0 Å². The van der Waals surface area contributed by atoms with Crippen molar-refractivity contribution in [3.8, 4) is 28.7 Å².